The summed E-state index contributed by atoms with van der Waals surface area (Å²) in [5.41, 5.74) is 1.02. The summed E-state index contributed by atoms with van der Waals surface area (Å²) < 4.78 is 10.8. The molecule has 5 heteroatoms. The van der Waals surface area contributed by atoms with Crippen molar-refractivity contribution in [2.45, 2.75) is 13.5 Å². The Morgan fingerprint density at radius 1 is 1.32 bits per heavy atom. The van der Waals surface area contributed by atoms with Crippen molar-refractivity contribution in [2.24, 2.45) is 0 Å². The van der Waals surface area contributed by atoms with E-state index in [9.17, 15) is 0 Å². The predicted molar refractivity (Wildman–Crippen MR) is 83.5 cm³/mol. The van der Waals surface area contributed by atoms with Crippen LogP contribution in [0.1, 0.15) is 12.5 Å². The number of ether oxygens (including phenoxy) is 2. The van der Waals surface area contributed by atoms with Gasteiger partial charge < -0.3 is 14.8 Å². The van der Waals surface area contributed by atoms with Crippen molar-refractivity contribution in [3.63, 3.8) is 0 Å². The maximum Gasteiger partial charge on any atom is 0.125 e. The SMILES string of the molecule is CCSCCOc1cccc(Cl)c1CNCCOC. The third-order valence-corrected chi connectivity index (χ3v) is 3.77. The maximum atomic E-state index is 6.23. The highest BCUT2D eigenvalue weighted by atomic mass is 35.5. The lowest BCUT2D eigenvalue weighted by molar-refractivity contribution is 0.199. The molecule has 0 unspecified atom stereocenters. The molecule has 0 heterocycles. The van der Waals surface area contributed by atoms with Gasteiger partial charge >= 0.3 is 0 Å². The first-order chi connectivity index (χ1) is 9.29. The van der Waals surface area contributed by atoms with E-state index in [4.69, 9.17) is 21.1 Å². The molecule has 108 valence electrons. The average Bonchev–Trinajstić information content (AvgIpc) is 2.42. The Labute approximate surface area is 125 Å². The van der Waals surface area contributed by atoms with Gasteiger partial charge in [0.2, 0.25) is 0 Å². The average molecular weight is 304 g/mol. The van der Waals surface area contributed by atoms with Crippen LogP contribution in [-0.2, 0) is 11.3 Å². The summed E-state index contributed by atoms with van der Waals surface area (Å²) in [6.45, 7) is 5.04. The summed E-state index contributed by atoms with van der Waals surface area (Å²) in [4.78, 5) is 0. The number of hydrogen-bond donors (Lipinski definition) is 1. The Kier molecular flexibility index (Phi) is 9.08. The molecular weight excluding hydrogens is 282 g/mol. The second-order valence-electron chi connectivity index (χ2n) is 3.93. The van der Waals surface area contributed by atoms with E-state index in [0.717, 1.165) is 34.4 Å². The van der Waals surface area contributed by atoms with Gasteiger partial charge in [0.15, 0.2) is 0 Å². The van der Waals surface area contributed by atoms with Crippen molar-refractivity contribution in [1.82, 2.24) is 5.32 Å². The van der Waals surface area contributed by atoms with Gasteiger partial charge in [0.05, 0.1) is 13.2 Å². The third kappa shape index (κ3) is 6.52. The van der Waals surface area contributed by atoms with Gasteiger partial charge in [-0.15, -0.1) is 0 Å². The van der Waals surface area contributed by atoms with Crippen LogP contribution < -0.4 is 10.1 Å². The largest absolute Gasteiger partial charge is 0.492 e. The fourth-order valence-corrected chi connectivity index (χ4v) is 2.31. The Balaban J connectivity index is 2.51. The second-order valence-corrected chi connectivity index (χ2v) is 5.73. The molecule has 1 N–H and O–H groups in total. The Hall–Kier alpha value is -0.420. The van der Waals surface area contributed by atoms with Crippen LogP contribution in [0.2, 0.25) is 5.02 Å². The third-order valence-electron chi connectivity index (χ3n) is 2.55. The normalized spacial score (nSPS) is 10.7. The molecule has 3 nitrogen and oxygen atoms in total. The smallest absolute Gasteiger partial charge is 0.125 e. The number of nitrogens with one attached hydrogen (secondary N) is 1. The van der Waals surface area contributed by atoms with Crippen LogP contribution in [0, 0.1) is 0 Å². The molecule has 0 aromatic heterocycles. The zero-order valence-electron chi connectivity index (χ0n) is 11.6. The van der Waals surface area contributed by atoms with Gasteiger partial charge in [-0.25, -0.2) is 0 Å². The van der Waals surface area contributed by atoms with E-state index < -0.39 is 0 Å². The van der Waals surface area contributed by atoms with E-state index >= 15 is 0 Å². The molecule has 0 amide bonds. The number of benzene rings is 1. The molecule has 1 aromatic carbocycles. The van der Waals surface area contributed by atoms with Crippen LogP contribution in [0.3, 0.4) is 0 Å². The van der Waals surface area contributed by atoms with Crippen molar-refractivity contribution in [3.05, 3.63) is 28.8 Å². The minimum Gasteiger partial charge on any atom is -0.492 e. The Bertz CT molecular complexity index is 363. The Morgan fingerprint density at radius 2 is 2.16 bits per heavy atom. The minimum atomic E-state index is 0.688. The zero-order valence-corrected chi connectivity index (χ0v) is 13.1. The molecular formula is C14H22ClNO2S. The molecule has 1 aromatic rings. The highest BCUT2D eigenvalue weighted by molar-refractivity contribution is 7.99. The molecule has 0 fully saturated rings. The lowest BCUT2D eigenvalue weighted by Gasteiger charge is -2.13. The summed E-state index contributed by atoms with van der Waals surface area (Å²) in [6, 6.07) is 5.78. The highest BCUT2D eigenvalue weighted by Crippen LogP contribution is 2.26. The van der Waals surface area contributed by atoms with Crippen molar-refractivity contribution in [3.8, 4) is 5.75 Å². The lowest BCUT2D eigenvalue weighted by Crippen LogP contribution is -2.19. The predicted octanol–water partition coefficient (Wildman–Crippen LogP) is 3.21. The first-order valence-electron chi connectivity index (χ1n) is 6.47. The first kappa shape index (κ1) is 16.6. The van der Waals surface area contributed by atoms with Gasteiger partial charge in [0.1, 0.15) is 5.75 Å². The molecule has 0 saturated carbocycles. The Morgan fingerprint density at radius 3 is 2.89 bits per heavy atom. The van der Waals surface area contributed by atoms with E-state index in [1.54, 1.807) is 7.11 Å². The quantitative estimate of drug-likeness (QED) is 0.672. The number of halogens is 1. The summed E-state index contributed by atoms with van der Waals surface area (Å²) >= 11 is 8.10. The fourth-order valence-electron chi connectivity index (χ4n) is 1.59. The highest BCUT2D eigenvalue weighted by Gasteiger charge is 2.07. The van der Waals surface area contributed by atoms with Gasteiger partial charge in [-0.3, -0.25) is 0 Å². The van der Waals surface area contributed by atoms with E-state index in [1.165, 1.54) is 0 Å². The molecule has 0 saturated heterocycles. The van der Waals surface area contributed by atoms with Crippen LogP contribution in [0.5, 0.6) is 5.75 Å². The topological polar surface area (TPSA) is 30.5 Å². The van der Waals surface area contributed by atoms with Gasteiger partial charge in [0, 0.05) is 36.5 Å². The molecule has 0 atom stereocenters. The summed E-state index contributed by atoms with van der Waals surface area (Å²) in [5, 5.41) is 4.03. The van der Waals surface area contributed by atoms with Crippen LogP contribution in [0.25, 0.3) is 0 Å². The summed E-state index contributed by atoms with van der Waals surface area (Å²) in [5.74, 6) is 2.98. The van der Waals surface area contributed by atoms with Gasteiger partial charge in [-0.2, -0.15) is 11.8 Å². The number of hydrogen-bond acceptors (Lipinski definition) is 4. The first-order valence-corrected chi connectivity index (χ1v) is 8.00. The molecule has 1 rings (SSSR count). The monoisotopic (exact) mass is 303 g/mol. The molecule has 0 aliphatic heterocycles. The minimum absolute atomic E-state index is 0.688. The zero-order chi connectivity index (χ0) is 13.9. The number of methoxy groups -OCH3 is 1. The van der Waals surface area contributed by atoms with Crippen LogP contribution in [0.4, 0.5) is 0 Å². The van der Waals surface area contributed by atoms with Crippen LogP contribution >= 0.6 is 23.4 Å². The van der Waals surface area contributed by atoms with Crippen molar-refractivity contribution < 1.29 is 9.47 Å². The number of rotatable bonds is 10. The van der Waals surface area contributed by atoms with E-state index in [2.05, 4.69) is 12.2 Å². The van der Waals surface area contributed by atoms with Crippen LogP contribution in [-0.4, -0.2) is 38.4 Å². The summed E-state index contributed by atoms with van der Waals surface area (Å²) in [6.07, 6.45) is 0. The van der Waals surface area contributed by atoms with Gasteiger partial charge in [-0.05, 0) is 17.9 Å². The van der Waals surface area contributed by atoms with E-state index in [1.807, 2.05) is 30.0 Å². The fraction of sp³-hybridized carbons (Fsp3) is 0.571. The van der Waals surface area contributed by atoms with Crippen molar-refractivity contribution in [1.29, 1.82) is 0 Å². The standard InChI is InChI=1S/C14H22ClNO2S/c1-3-19-10-9-18-14-6-4-5-13(15)12(14)11-16-7-8-17-2/h4-6,16H,3,7-11H2,1-2H3. The second kappa shape index (κ2) is 10.4. The lowest BCUT2D eigenvalue weighted by atomic mass is 10.2. The maximum absolute atomic E-state index is 6.23. The van der Waals surface area contributed by atoms with E-state index in [-0.39, 0.29) is 0 Å². The van der Waals surface area contributed by atoms with Gasteiger partial charge in [0.25, 0.3) is 0 Å². The molecule has 0 bridgehead atoms. The van der Waals surface area contributed by atoms with E-state index in [0.29, 0.717) is 19.8 Å². The molecule has 0 radical (unpaired) electrons. The van der Waals surface area contributed by atoms with Crippen molar-refractivity contribution >= 4 is 23.4 Å². The molecule has 0 aliphatic carbocycles. The summed E-state index contributed by atoms with van der Waals surface area (Å²) in [7, 11) is 1.69. The van der Waals surface area contributed by atoms with Gasteiger partial charge in [-0.1, -0.05) is 24.6 Å². The molecule has 0 spiro atoms. The van der Waals surface area contributed by atoms with Crippen molar-refractivity contribution in [2.75, 3.05) is 38.4 Å². The molecule has 0 aliphatic rings. The van der Waals surface area contributed by atoms with Crippen LogP contribution in [0.15, 0.2) is 18.2 Å². The number of thioether (sulfide) groups is 1. The molecule has 19 heavy (non-hydrogen) atoms.